The summed E-state index contributed by atoms with van der Waals surface area (Å²) in [6, 6.07) is 69.4. The molecule has 0 amide bonds. The summed E-state index contributed by atoms with van der Waals surface area (Å²) in [6.07, 6.45) is 0. The summed E-state index contributed by atoms with van der Waals surface area (Å²) in [7, 11) is 0. The SMILES string of the molecule is Cc1ccc(N(c2ccccc2)c2ccccc2)c(C)c1.Cc1cccc(-c2ccc(N(c3ccc(-c4cccc(C)c4)cc3)c3ccc(C)cc3C)cc2)c1. The molecule has 2 heteroatoms. The van der Waals surface area contributed by atoms with E-state index < -0.39 is 0 Å². The summed E-state index contributed by atoms with van der Waals surface area (Å²) < 4.78 is 0. The van der Waals surface area contributed by atoms with Gasteiger partial charge in [0.25, 0.3) is 0 Å². The smallest absolute Gasteiger partial charge is 0.0490 e. The van der Waals surface area contributed by atoms with Gasteiger partial charge >= 0.3 is 0 Å². The highest BCUT2D eigenvalue weighted by Gasteiger charge is 2.16. The van der Waals surface area contributed by atoms with Crippen molar-refractivity contribution in [2.45, 2.75) is 41.5 Å². The maximum atomic E-state index is 2.36. The van der Waals surface area contributed by atoms with Gasteiger partial charge in [-0.3, -0.25) is 0 Å². The summed E-state index contributed by atoms with van der Waals surface area (Å²) in [6.45, 7) is 12.9. The van der Waals surface area contributed by atoms with Crippen LogP contribution in [0.4, 0.5) is 34.1 Å². The van der Waals surface area contributed by atoms with Crippen LogP contribution < -0.4 is 9.80 Å². The van der Waals surface area contributed by atoms with E-state index in [1.54, 1.807) is 0 Å². The Kier molecular flexibility index (Phi) is 11.6. The molecule has 0 heterocycles. The number of benzene rings is 8. The molecule has 0 spiro atoms. The molecule has 0 atom stereocenters. The van der Waals surface area contributed by atoms with Crippen molar-refractivity contribution in [3.63, 3.8) is 0 Å². The van der Waals surface area contributed by atoms with Gasteiger partial charge in [0.15, 0.2) is 0 Å². The van der Waals surface area contributed by atoms with Gasteiger partial charge in [0.1, 0.15) is 0 Å². The highest BCUT2D eigenvalue weighted by molar-refractivity contribution is 5.82. The van der Waals surface area contributed by atoms with Gasteiger partial charge in [-0.05, 0) is 136 Å². The van der Waals surface area contributed by atoms with Gasteiger partial charge in [-0.15, -0.1) is 0 Å². The van der Waals surface area contributed by atoms with Gasteiger partial charge in [0, 0.05) is 34.1 Å². The van der Waals surface area contributed by atoms with Crippen molar-refractivity contribution in [3.05, 3.63) is 228 Å². The fourth-order valence-electron chi connectivity index (χ4n) is 7.38. The van der Waals surface area contributed by atoms with Crippen molar-refractivity contribution in [1.29, 1.82) is 0 Å². The lowest BCUT2D eigenvalue weighted by Gasteiger charge is -2.27. The number of hydrogen-bond acceptors (Lipinski definition) is 2. The molecular formula is C54H50N2. The van der Waals surface area contributed by atoms with E-state index >= 15 is 0 Å². The minimum Gasteiger partial charge on any atom is -0.310 e. The van der Waals surface area contributed by atoms with Gasteiger partial charge in [0.2, 0.25) is 0 Å². The average molecular weight is 727 g/mol. The Bertz CT molecular complexity index is 2390. The van der Waals surface area contributed by atoms with Crippen LogP contribution in [0, 0.1) is 41.5 Å². The zero-order chi connectivity index (χ0) is 39.0. The molecule has 56 heavy (non-hydrogen) atoms. The second-order valence-corrected chi connectivity index (χ2v) is 14.8. The van der Waals surface area contributed by atoms with Crippen LogP contribution in [-0.4, -0.2) is 0 Å². The van der Waals surface area contributed by atoms with E-state index in [0.29, 0.717) is 0 Å². The zero-order valence-corrected chi connectivity index (χ0v) is 33.4. The van der Waals surface area contributed by atoms with E-state index in [0.717, 1.165) is 11.4 Å². The first-order chi connectivity index (χ1) is 27.2. The van der Waals surface area contributed by atoms with E-state index in [4.69, 9.17) is 0 Å². The first kappa shape index (κ1) is 37.7. The number of rotatable bonds is 8. The lowest BCUT2D eigenvalue weighted by atomic mass is 10.0. The van der Waals surface area contributed by atoms with Crippen molar-refractivity contribution in [3.8, 4) is 22.3 Å². The number of hydrogen-bond donors (Lipinski definition) is 0. The molecule has 0 N–H and O–H groups in total. The van der Waals surface area contributed by atoms with Gasteiger partial charge < -0.3 is 9.80 Å². The first-order valence-corrected chi connectivity index (χ1v) is 19.4. The van der Waals surface area contributed by atoms with Crippen LogP contribution in [0.3, 0.4) is 0 Å². The van der Waals surface area contributed by atoms with Crippen molar-refractivity contribution < 1.29 is 0 Å². The lowest BCUT2D eigenvalue weighted by molar-refractivity contribution is 1.24. The standard InChI is InChI=1S/C34H31N.C20H19N/c1-24-7-5-9-30(22-24)28-12-16-32(17-13-28)35(34-20-11-26(3)21-27(34)4)33-18-14-29(15-19-33)31-10-6-8-25(2)23-31;1-16-13-14-20(17(2)15-16)21(18-9-5-3-6-10-18)19-11-7-4-8-12-19/h5-23H,1-4H3;3-15H,1-2H3. The predicted molar refractivity (Wildman–Crippen MR) is 242 cm³/mol. The molecule has 0 aromatic heterocycles. The summed E-state index contributed by atoms with van der Waals surface area (Å²) in [5.74, 6) is 0. The normalized spacial score (nSPS) is 10.7. The van der Waals surface area contributed by atoms with Gasteiger partial charge in [-0.2, -0.15) is 0 Å². The molecule has 2 nitrogen and oxygen atoms in total. The fourth-order valence-corrected chi connectivity index (χ4v) is 7.38. The van der Waals surface area contributed by atoms with Crippen molar-refractivity contribution in [2.75, 3.05) is 9.80 Å². The quantitative estimate of drug-likeness (QED) is 0.154. The summed E-state index contributed by atoms with van der Waals surface area (Å²) in [4.78, 5) is 4.66. The monoisotopic (exact) mass is 726 g/mol. The molecule has 0 radical (unpaired) electrons. The van der Waals surface area contributed by atoms with E-state index in [1.165, 1.54) is 78.4 Å². The fraction of sp³-hybridized carbons (Fsp3) is 0.111. The molecule has 0 bridgehead atoms. The van der Waals surface area contributed by atoms with Crippen LogP contribution in [0.25, 0.3) is 22.3 Å². The molecule has 0 saturated carbocycles. The molecule has 8 rings (SSSR count). The Morgan fingerprint density at radius 2 is 0.589 bits per heavy atom. The van der Waals surface area contributed by atoms with Gasteiger partial charge in [0.05, 0.1) is 0 Å². The summed E-state index contributed by atoms with van der Waals surface area (Å²) in [5, 5.41) is 0. The predicted octanol–water partition coefficient (Wildman–Crippen LogP) is 15.5. The van der Waals surface area contributed by atoms with Crippen LogP contribution in [0.1, 0.15) is 33.4 Å². The van der Waals surface area contributed by atoms with E-state index in [-0.39, 0.29) is 0 Å². The Labute approximate surface area is 334 Å². The molecule has 276 valence electrons. The van der Waals surface area contributed by atoms with Crippen LogP contribution in [0.2, 0.25) is 0 Å². The Morgan fingerprint density at radius 1 is 0.250 bits per heavy atom. The third-order valence-electron chi connectivity index (χ3n) is 10.2. The van der Waals surface area contributed by atoms with Crippen molar-refractivity contribution >= 4 is 34.1 Å². The molecule has 8 aromatic rings. The maximum absolute atomic E-state index is 2.36. The van der Waals surface area contributed by atoms with Crippen LogP contribution in [0.5, 0.6) is 0 Å². The first-order valence-electron chi connectivity index (χ1n) is 19.4. The molecule has 0 saturated heterocycles. The minimum atomic E-state index is 1.15. The zero-order valence-electron chi connectivity index (χ0n) is 33.4. The third kappa shape index (κ3) is 8.83. The number of nitrogens with zero attached hydrogens (tertiary/aromatic N) is 2. The van der Waals surface area contributed by atoms with Crippen LogP contribution >= 0.6 is 0 Å². The van der Waals surface area contributed by atoms with Gasteiger partial charge in [-0.25, -0.2) is 0 Å². The number of para-hydroxylation sites is 2. The average Bonchev–Trinajstić information content (AvgIpc) is 3.21. The van der Waals surface area contributed by atoms with Crippen LogP contribution in [-0.2, 0) is 0 Å². The second kappa shape index (κ2) is 17.2. The molecule has 0 unspecified atom stereocenters. The highest BCUT2D eigenvalue weighted by atomic mass is 15.1. The molecule has 0 aliphatic rings. The maximum Gasteiger partial charge on any atom is 0.0490 e. The number of anilines is 6. The van der Waals surface area contributed by atoms with E-state index in [9.17, 15) is 0 Å². The minimum absolute atomic E-state index is 1.15. The molecular weight excluding hydrogens is 677 g/mol. The van der Waals surface area contributed by atoms with Crippen molar-refractivity contribution in [2.24, 2.45) is 0 Å². The largest absolute Gasteiger partial charge is 0.310 e. The highest BCUT2D eigenvalue weighted by Crippen LogP contribution is 2.39. The lowest BCUT2D eigenvalue weighted by Crippen LogP contribution is -2.11. The summed E-state index contributed by atoms with van der Waals surface area (Å²) >= 11 is 0. The molecule has 8 aromatic carbocycles. The van der Waals surface area contributed by atoms with E-state index in [2.05, 4.69) is 245 Å². The van der Waals surface area contributed by atoms with Gasteiger partial charge in [-0.1, -0.05) is 156 Å². The summed E-state index contributed by atoms with van der Waals surface area (Å²) in [5.41, 5.74) is 19.7. The molecule has 0 fully saturated rings. The molecule has 0 aliphatic carbocycles. The van der Waals surface area contributed by atoms with Crippen molar-refractivity contribution in [1.82, 2.24) is 0 Å². The van der Waals surface area contributed by atoms with E-state index in [1.807, 2.05) is 0 Å². The van der Waals surface area contributed by atoms with Crippen LogP contribution in [0.15, 0.2) is 194 Å². The number of aryl methyl sites for hydroxylation is 6. The Balaban J connectivity index is 0.000000195. The second-order valence-electron chi connectivity index (χ2n) is 14.8. The molecule has 0 aliphatic heterocycles. The third-order valence-corrected chi connectivity index (χ3v) is 10.2. The Morgan fingerprint density at radius 3 is 0.929 bits per heavy atom. The topological polar surface area (TPSA) is 6.48 Å². The Hall–Kier alpha value is -6.64.